The lowest BCUT2D eigenvalue weighted by Crippen LogP contribution is -2.22. The molecule has 1 N–H and O–H groups in total. The summed E-state index contributed by atoms with van der Waals surface area (Å²) in [5, 5.41) is 2.73. The monoisotopic (exact) mass is 309 g/mol. The minimum Gasteiger partial charge on any atom is -0.496 e. The van der Waals surface area contributed by atoms with Crippen molar-refractivity contribution in [3.8, 4) is 17.2 Å². The maximum atomic E-state index is 11.4. The molecule has 0 heterocycles. The van der Waals surface area contributed by atoms with Gasteiger partial charge in [-0.05, 0) is 18.9 Å². The Morgan fingerprint density at radius 2 is 1.82 bits per heavy atom. The third-order valence-corrected chi connectivity index (χ3v) is 3.17. The van der Waals surface area contributed by atoms with Gasteiger partial charge in [-0.2, -0.15) is 0 Å². The van der Waals surface area contributed by atoms with Crippen molar-refractivity contribution in [3.63, 3.8) is 0 Å². The number of nitrogens with one attached hydrogen (secondary N) is 1. The summed E-state index contributed by atoms with van der Waals surface area (Å²) in [4.78, 5) is 22.4. The Kier molecular flexibility index (Phi) is 6.69. The fourth-order valence-corrected chi connectivity index (χ4v) is 2.26. The van der Waals surface area contributed by atoms with Crippen molar-refractivity contribution in [2.24, 2.45) is 0 Å². The summed E-state index contributed by atoms with van der Waals surface area (Å²) >= 11 is 0. The van der Waals surface area contributed by atoms with Crippen molar-refractivity contribution in [1.82, 2.24) is 5.32 Å². The van der Waals surface area contributed by atoms with Crippen LogP contribution < -0.4 is 19.5 Å². The second-order valence-corrected chi connectivity index (χ2v) is 4.76. The molecule has 1 amide bonds. The summed E-state index contributed by atoms with van der Waals surface area (Å²) in [6, 6.07) is 1.85. The zero-order valence-electron chi connectivity index (χ0n) is 13.7. The van der Waals surface area contributed by atoms with E-state index in [9.17, 15) is 9.59 Å². The first-order valence-electron chi connectivity index (χ1n) is 7.14. The minimum absolute atomic E-state index is 0.101. The first-order valence-corrected chi connectivity index (χ1v) is 7.14. The molecule has 0 unspecified atom stereocenters. The number of rotatable bonds is 7. The molecule has 122 valence electrons. The predicted octanol–water partition coefficient (Wildman–Crippen LogP) is 1.87. The average molecular weight is 309 g/mol. The molecule has 6 heteroatoms. The third-order valence-electron chi connectivity index (χ3n) is 3.17. The summed E-state index contributed by atoms with van der Waals surface area (Å²) in [6.07, 6.45) is 1.17. The average Bonchev–Trinajstić information content (AvgIpc) is 2.45. The molecule has 0 aliphatic rings. The van der Waals surface area contributed by atoms with Crippen LogP contribution in [-0.2, 0) is 22.4 Å². The van der Waals surface area contributed by atoms with Gasteiger partial charge in [0.2, 0.25) is 5.91 Å². The normalized spacial score (nSPS) is 10.0. The molecule has 1 aromatic rings. The van der Waals surface area contributed by atoms with Crippen molar-refractivity contribution in [2.75, 3.05) is 20.8 Å². The van der Waals surface area contributed by atoms with Gasteiger partial charge in [0.25, 0.3) is 0 Å². The second kappa shape index (κ2) is 8.26. The van der Waals surface area contributed by atoms with Crippen molar-refractivity contribution in [2.45, 2.75) is 33.6 Å². The molecule has 0 aromatic heterocycles. The van der Waals surface area contributed by atoms with Crippen LogP contribution in [0.1, 0.15) is 31.9 Å². The SMILES string of the molecule is CCc1c(OC)cc(CCNC(C)=O)c(OC)c1OC(C)=O. The van der Waals surface area contributed by atoms with E-state index in [-0.39, 0.29) is 5.91 Å². The van der Waals surface area contributed by atoms with E-state index in [0.29, 0.717) is 36.6 Å². The van der Waals surface area contributed by atoms with Crippen LogP contribution in [0.3, 0.4) is 0 Å². The van der Waals surface area contributed by atoms with Crippen LogP contribution in [0.4, 0.5) is 0 Å². The topological polar surface area (TPSA) is 73.9 Å². The lowest BCUT2D eigenvalue weighted by Gasteiger charge is -2.19. The molecule has 0 atom stereocenters. The van der Waals surface area contributed by atoms with Gasteiger partial charge in [0.15, 0.2) is 11.5 Å². The molecular weight excluding hydrogens is 286 g/mol. The summed E-state index contributed by atoms with van der Waals surface area (Å²) in [6.45, 7) is 5.21. The zero-order chi connectivity index (χ0) is 16.7. The Balaban J connectivity index is 3.30. The van der Waals surface area contributed by atoms with Crippen LogP contribution in [0.5, 0.6) is 17.2 Å². The lowest BCUT2D eigenvalue weighted by molar-refractivity contribution is -0.132. The molecular formula is C16H23NO5. The van der Waals surface area contributed by atoms with Gasteiger partial charge >= 0.3 is 5.97 Å². The number of hydrogen-bond acceptors (Lipinski definition) is 5. The largest absolute Gasteiger partial charge is 0.496 e. The van der Waals surface area contributed by atoms with Crippen LogP contribution in [0.15, 0.2) is 6.07 Å². The van der Waals surface area contributed by atoms with Gasteiger partial charge < -0.3 is 19.5 Å². The third kappa shape index (κ3) is 4.38. The highest BCUT2D eigenvalue weighted by atomic mass is 16.6. The summed E-state index contributed by atoms with van der Waals surface area (Å²) in [7, 11) is 3.09. The summed E-state index contributed by atoms with van der Waals surface area (Å²) in [5.41, 5.74) is 1.58. The second-order valence-electron chi connectivity index (χ2n) is 4.76. The Morgan fingerprint density at radius 1 is 1.14 bits per heavy atom. The molecule has 0 saturated carbocycles. The Bertz CT molecular complexity index is 554. The van der Waals surface area contributed by atoms with Gasteiger partial charge in [-0.25, -0.2) is 0 Å². The molecule has 0 fully saturated rings. The van der Waals surface area contributed by atoms with E-state index in [1.54, 1.807) is 7.11 Å². The van der Waals surface area contributed by atoms with Gasteiger partial charge in [-0.15, -0.1) is 0 Å². The molecule has 22 heavy (non-hydrogen) atoms. The van der Waals surface area contributed by atoms with Crippen LogP contribution in [-0.4, -0.2) is 32.6 Å². The van der Waals surface area contributed by atoms with Crippen molar-refractivity contribution in [3.05, 3.63) is 17.2 Å². The fourth-order valence-electron chi connectivity index (χ4n) is 2.26. The molecule has 1 aromatic carbocycles. The van der Waals surface area contributed by atoms with Crippen LogP contribution in [0, 0.1) is 0 Å². The highest BCUT2D eigenvalue weighted by Crippen LogP contribution is 2.41. The van der Waals surface area contributed by atoms with Crippen molar-refractivity contribution in [1.29, 1.82) is 0 Å². The zero-order valence-corrected chi connectivity index (χ0v) is 13.7. The first kappa shape index (κ1) is 17.8. The Labute approximate surface area is 130 Å². The molecule has 0 bridgehead atoms. The maximum Gasteiger partial charge on any atom is 0.308 e. The number of benzene rings is 1. The van der Waals surface area contributed by atoms with Crippen LogP contribution in [0.25, 0.3) is 0 Å². The van der Waals surface area contributed by atoms with E-state index in [4.69, 9.17) is 14.2 Å². The number of carbonyl (C=O) groups is 2. The van der Waals surface area contributed by atoms with E-state index in [1.165, 1.54) is 21.0 Å². The molecule has 6 nitrogen and oxygen atoms in total. The van der Waals surface area contributed by atoms with E-state index >= 15 is 0 Å². The smallest absolute Gasteiger partial charge is 0.308 e. The van der Waals surface area contributed by atoms with Crippen molar-refractivity contribution < 1.29 is 23.8 Å². The van der Waals surface area contributed by atoms with Gasteiger partial charge in [-0.3, -0.25) is 9.59 Å². The van der Waals surface area contributed by atoms with E-state index in [2.05, 4.69) is 5.32 Å². The molecule has 0 aliphatic heterocycles. The number of hydrogen-bond donors (Lipinski definition) is 1. The number of methoxy groups -OCH3 is 2. The predicted molar refractivity (Wildman–Crippen MR) is 82.6 cm³/mol. The molecule has 0 saturated heterocycles. The van der Waals surface area contributed by atoms with Crippen LogP contribution in [0.2, 0.25) is 0 Å². The Hall–Kier alpha value is -2.24. The summed E-state index contributed by atoms with van der Waals surface area (Å²) < 4.78 is 16.2. The quantitative estimate of drug-likeness (QED) is 0.615. The maximum absolute atomic E-state index is 11.4. The van der Waals surface area contributed by atoms with Gasteiger partial charge in [0, 0.05) is 31.5 Å². The lowest BCUT2D eigenvalue weighted by atomic mass is 10.0. The van der Waals surface area contributed by atoms with E-state index in [0.717, 1.165) is 11.1 Å². The highest BCUT2D eigenvalue weighted by molar-refractivity contribution is 5.73. The number of esters is 1. The number of amides is 1. The molecule has 0 spiro atoms. The molecule has 0 radical (unpaired) electrons. The van der Waals surface area contributed by atoms with Crippen molar-refractivity contribution >= 4 is 11.9 Å². The van der Waals surface area contributed by atoms with Gasteiger partial charge in [-0.1, -0.05) is 6.92 Å². The highest BCUT2D eigenvalue weighted by Gasteiger charge is 2.21. The standard InChI is InChI=1S/C16H23NO5/c1-6-13-14(20-4)9-12(7-8-17-10(2)18)15(21-5)16(13)22-11(3)19/h9H,6-8H2,1-5H3,(H,17,18). The number of carbonyl (C=O) groups excluding carboxylic acids is 2. The molecule has 1 rings (SSSR count). The van der Waals surface area contributed by atoms with Crippen LogP contribution >= 0.6 is 0 Å². The van der Waals surface area contributed by atoms with Gasteiger partial charge in [0.05, 0.1) is 14.2 Å². The van der Waals surface area contributed by atoms with Gasteiger partial charge in [0.1, 0.15) is 5.75 Å². The Morgan fingerprint density at radius 3 is 2.27 bits per heavy atom. The van der Waals surface area contributed by atoms with E-state index in [1.807, 2.05) is 13.0 Å². The fraction of sp³-hybridized carbons (Fsp3) is 0.500. The number of ether oxygens (including phenoxy) is 3. The minimum atomic E-state index is -0.422. The first-order chi connectivity index (χ1) is 10.4. The summed E-state index contributed by atoms with van der Waals surface area (Å²) in [5.74, 6) is 0.996. The van der Waals surface area contributed by atoms with E-state index < -0.39 is 5.97 Å². The molecule has 0 aliphatic carbocycles.